The number of carbonyl (C=O) groups excluding carboxylic acids is 2. The summed E-state index contributed by atoms with van der Waals surface area (Å²) in [6.45, 7) is 7.34. The molecule has 37 heavy (non-hydrogen) atoms. The molecule has 3 amide bonds. The molecule has 2 heterocycles. The zero-order valence-electron chi connectivity index (χ0n) is 21.0. The third kappa shape index (κ3) is 8.66. The number of nitrogens with zero attached hydrogens (tertiary/aromatic N) is 2. The van der Waals surface area contributed by atoms with Crippen LogP contribution in [0.5, 0.6) is 0 Å². The number of carbonyl (C=O) groups is 2. The monoisotopic (exact) mass is 519 g/mol. The molecule has 0 radical (unpaired) electrons. The van der Waals surface area contributed by atoms with E-state index in [9.17, 15) is 22.8 Å². The fourth-order valence-corrected chi connectivity index (χ4v) is 4.81. The molecule has 2 aliphatic rings. The lowest BCUT2D eigenvalue weighted by Crippen LogP contribution is -2.51. The predicted molar refractivity (Wildman–Crippen MR) is 137 cm³/mol. The smallest absolute Gasteiger partial charge is 0.405 e. The van der Waals surface area contributed by atoms with E-state index in [4.69, 9.17) is 5.73 Å². The number of hydrogen-bond acceptors (Lipinski definition) is 4. The first-order valence-corrected chi connectivity index (χ1v) is 12.6. The topological polar surface area (TPSA) is 90.7 Å². The van der Waals surface area contributed by atoms with Gasteiger partial charge in [-0.1, -0.05) is 30.9 Å². The molecular weight excluding hydrogens is 483 g/mol. The standard InChI is InChI=1S/C27H36F3N5O2/c1-2-4-20(7-12-31)19-34-13-8-22(9-14-34)25(36)35-15-10-24(11-16-35)33-26(37)32-18-21-5-3-6-23(17-21)27(28,29)30/h2-7,12,17,22,24H,1,8-11,13-16,18-19,31H2,(H2,32,33,37)/b12-7-,20-4+. The van der Waals surface area contributed by atoms with Gasteiger partial charge in [-0.25, -0.2) is 4.79 Å². The Morgan fingerprint density at radius 1 is 1.11 bits per heavy atom. The number of piperidine rings is 2. The molecule has 2 saturated heterocycles. The molecule has 1 aromatic carbocycles. The number of benzene rings is 1. The van der Waals surface area contributed by atoms with Gasteiger partial charge in [0, 0.05) is 38.1 Å². The van der Waals surface area contributed by atoms with Crippen LogP contribution in [-0.4, -0.2) is 60.5 Å². The van der Waals surface area contributed by atoms with Crippen molar-refractivity contribution in [2.45, 2.75) is 44.4 Å². The number of rotatable bonds is 8. The quantitative estimate of drug-likeness (QED) is 0.456. The zero-order valence-corrected chi connectivity index (χ0v) is 21.0. The Hall–Kier alpha value is -3.27. The van der Waals surface area contributed by atoms with Crippen molar-refractivity contribution in [3.05, 3.63) is 72.0 Å². The van der Waals surface area contributed by atoms with Gasteiger partial charge < -0.3 is 21.3 Å². The molecule has 0 spiro atoms. The average molecular weight is 520 g/mol. The fourth-order valence-electron chi connectivity index (χ4n) is 4.81. The third-order valence-corrected chi connectivity index (χ3v) is 6.83. The van der Waals surface area contributed by atoms with E-state index in [1.54, 1.807) is 6.08 Å². The Balaban J connectivity index is 1.37. The van der Waals surface area contributed by atoms with E-state index in [1.807, 2.05) is 17.1 Å². The summed E-state index contributed by atoms with van der Waals surface area (Å²) in [6.07, 6.45) is 5.53. The second kappa shape index (κ2) is 13.3. The number of alkyl halides is 3. The Labute approximate surface area is 216 Å². The number of urea groups is 1. The van der Waals surface area contributed by atoms with Gasteiger partial charge in [-0.05, 0) is 74.3 Å². The highest BCUT2D eigenvalue weighted by atomic mass is 19.4. The van der Waals surface area contributed by atoms with Gasteiger partial charge in [0.2, 0.25) is 5.91 Å². The van der Waals surface area contributed by atoms with Crippen molar-refractivity contribution in [3.8, 4) is 0 Å². The molecule has 10 heteroatoms. The second-order valence-corrected chi connectivity index (χ2v) is 9.51. The number of likely N-dealkylation sites (tertiary alicyclic amines) is 2. The van der Waals surface area contributed by atoms with Crippen LogP contribution in [0.2, 0.25) is 0 Å². The normalized spacial score (nSPS) is 18.7. The number of allylic oxidation sites excluding steroid dienone is 2. The predicted octanol–water partition coefficient (Wildman–Crippen LogP) is 3.79. The molecule has 3 rings (SSSR count). The highest BCUT2D eigenvalue weighted by Crippen LogP contribution is 2.29. The molecule has 0 aromatic heterocycles. The largest absolute Gasteiger partial charge is 0.416 e. The molecule has 4 N–H and O–H groups in total. The van der Waals surface area contributed by atoms with Crippen molar-refractivity contribution in [1.29, 1.82) is 0 Å². The average Bonchev–Trinajstić information content (AvgIpc) is 2.88. The highest BCUT2D eigenvalue weighted by molar-refractivity contribution is 5.79. The van der Waals surface area contributed by atoms with Crippen LogP contribution >= 0.6 is 0 Å². The first-order valence-electron chi connectivity index (χ1n) is 12.6. The number of nitrogens with two attached hydrogens (primary N) is 1. The van der Waals surface area contributed by atoms with Gasteiger partial charge in [-0.15, -0.1) is 0 Å². The number of hydrogen-bond donors (Lipinski definition) is 3. The fraction of sp³-hybridized carbons (Fsp3) is 0.481. The van der Waals surface area contributed by atoms with Crippen LogP contribution in [0.15, 0.2) is 60.8 Å². The molecule has 2 fully saturated rings. The summed E-state index contributed by atoms with van der Waals surface area (Å²) in [5, 5.41) is 5.49. The van der Waals surface area contributed by atoms with Crippen molar-refractivity contribution in [2.24, 2.45) is 11.7 Å². The van der Waals surface area contributed by atoms with Crippen LogP contribution in [0.1, 0.15) is 36.8 Å². The third-order valence-electron chi connectivity index (χ3n) is 6.83. The van der Waals surface area contributed by atoms with E-state index in [1.165, 1.54) is 18.3 Å². The van der Waals surface area contributed by atoms with Crippen molar-refractivity contribution in [1.82, 2.24) is 20.4 Å². The molecule has 0 bridgehead atoms. The minimum atomic E-state index is -4.42. The molecule has 0 saturated carbocycles. The van der Waals surface area contributed by atoms with Crippen LogP contribution < -0.4 is 16.4 Å². The SMILES string of the molecule is C=C/C=C(\C=C/N)CN1CCC(C(=O)N2CCC(NC(=O)NCc3cccc(C(F)(F)F)c3)CC2)CC1. The lowest BCUT2D eigenvalue weighted by atomic mass is 9.93. The first kappa shape index (κ1) is 28.3. The van der Waals surface area contributed by atoms with Gasteiger partial charge in [0.05, 0.1) is 5.56 Å². The van der Waals surface area contributed by atoms with Gasteiger partial charge >= 0.3 is 12.2 Å². The number of halogens is 3. The van der Waals surface area contributed by atoms with Gasteiger partial charge in [0.25, 0.3) is 0 Å². The summed E-state index contributed by atoms with van der Waals surface area (Å²) in [4.78, 5) is 29.5. The van der Waals surface area contributed by atoms with Crippen LogP contribution in [0.4, 0.5) is 18.0 Å². The maximum atomic E-state index is 13.0. The van der Waals surface area contributed by atoms with Crippen molar-refractivity contribution < 1.29 is 22.8 Å². The van der Waals surface area contributed by atoms with Gasteiger partial charge in [0.1, 0.15) is 0 Å². The van der Waals surface area contributed by atoms with Crippen LogP contribution in [0.3, 0.4) is 0 Å². The molecule has 0 aliphatic carbocycles. The maximum absolute atomic E-state index is 13.0. The molecule has 2 aliphatic heterocycles. The van der Waals surface area contributed by atoms with Crippen molar-refractivity contribution in [2.75, 3.05) is 32.7 Å². The summed E-state index contributed by atoms with van der Waals surface area (Å²) in [5.74, 6) is 0.184. The Morgan fingerprint density at radius 2 is 1.81 bits per heavy atom. The zero-order chi connectivity index (χ0) is 26.8. The van der Waals surface area contributed by atoms with E-state index in [2.05, 4.69) is 22.1 Å². The maximum Gasteiger partial charge on any atom is 0.416 e. The summed E-state index contributed by atoms with van der Waals surface area (Å²) in [7, 11) is 0. The highest BCUT2D eigenvalue weighted by Gasteiger charge is 2.32. The van der Waals surface area contributed by atoms with Gasteiger partial charge in [-0.3, -0.25) is 9.69 Å². The van der Waals surface area contributed by atoms with Gasteiger partial charge in [-0.2, -0.15) is 13.2 Å². The summed E-state index contributed by atoms with van der Waals surface area (Å²) in [5.41, 5.74) is 6.23. The van der Waals surface area contributed by atoms with E-state index in [-0.39, 0.29) is 24.4 Å². The van der Waals surface area contributed by atoms with Crippen molar-refractivity contribution >= 4 is 11.9 Å². The minimum Gasteiger partial charge on any atom is -0.405 e. The van der Waals surface area contributed by atoms with E-state index in [0.29, 0.717) is 31.5 Å². The lowest BCUT2D eigenvalue weighted by Gasteiger charge is -2.37. The molecule has 202 valence electrons. The van der Waals surface area contributed by atoms with E-state index < -0.39 is 17.8 Å². The van der Waals surface area contributed by atoms with Crippen LogP contribution in [0, 0.1) is 5.92 Å². The molecular formula is C27H36F3N5O2. The first-order chi connectivity index (χ1) is 17.7. The molecule has 0 atom stereocenters. The molecule has 0 unspecified atom stereocenters. The number of nitrogens with one attached hydrogen (secondary N) is 2. The summed E-state index contributed by atoms with van der Waals surface area (Å²) < 4.78 is 38.6. The minimum absolute atomic E-state index is 0.000828. The van der Waals surface area contributed by atoms with Crippen LogP contribution in [0.25, 0.3) is 0 Å². The summed E-state index contributed by atoms with van der Waals surface area (Å²) >= 11 is 0. The second-order valence-electron chi connectivity index (χ2n) is 9.51. The number of amides is 3. The Bertz CT molecular complexity index is 992. The van der Waals surface area contributed by atoms with Gasteiger partial charge in [0.15, 0.2) is 0 Å². The van der Waals surface area contributed by atoms with E-state index >= 15 is 0 Å². The Kier molecular flexibility index (Phi) is 10.2. The molecule has 1 aromatic rings. The van der Waals surface area contributed by atoms with Crippen molar-refractivity contribution in [3.63, 3.8) is 0 Å². The van der Waals surface area contributed by atoms with Crippen LogP contribution in [-0.2, 0) is 17.5 Å². The molecule has 7 nitrogen and oxygen atoms in total. The Morgan fingerprint density at radius 3 is 2.43 bits per heavy atom. The van der Waals surface area contributed by atoms with E-state index in [0.717, 1.165) is 50.2 Å². The summed E-state index contributed by atoms with van der Waals surface area (Å²) in [6, 6.07) is 4.38. The lowest BCUT2D eigenvalue weighted by molar-refractivity contribution is -0.138.